The molecule has 0 saturated heterocycles. The van der Waals surface area contributed by atoms with Crippen LogP contribution in [-0.2, 0) is 6.54 Å². The average Bonchev–Trinajstić information content (AvgIpc) is 2.25. The molecule has 0 radical (unpaired) electrons. The van der Waals surface area contributed by atoms with Crippen LogP contribution in [0.4, 0.5) is 9.59 Å². The Labute approximate surface area is 91.0 Å². The molecule has 0 aliphatic rings. The van der Waals surface area contributed by atoms with Crippen LogP contribution in [0.5, 0.6) is 0 Å². The largest absolute Gasteiger partial charge is 0.465 e. The van der Waals surface area contributed by atoms with E-state index in [0.717, 1.165) is 0 Å². The van der Waals surface area contributed by atoms with Crippen LogP contribution in [0.1, 0.15) is 11.1 Å². The summed E-state index contributed by atoms with van der Waals surface area (Å²) in [7, 11) is 0. The molecule has 0 atom stereocenters. The van der Waals surface area contributed by atoms with Gasteiger partial charge < -0.3 is 10.2 Å². The van der Waals surface area contributed by atoms with E-state index in [0.29, 0.717) is 11.1 Å². The smallest absolute Gasteiger partial charge is 0.417 e. The summed E-state index contributed by atoms with van der Waals surface area (Å²) in [6.45, 7) is -0.254. The van der Waals surface area contributed by atoms with Gasteiger partial charge in [0.05, 0.1) is 18.2 Å². The Morgan fingerprint density at radius 2 is 1.69 bits per heavy atom. The highest BCUT2D eigenvalue weighted by molar-refractivity contribution is 5.85. The average molecular weight is 220 g/mol. The van der Waals surface area contributed by atoms with Crippen LogP contribution in [0.3, 0.4) is 0 Å². The monoisotopic (exact) mass is 220 g/mol. The number of imide groups is 1. The fourth-order valence-corrected chi connectivity index (χ4v) is 1.08. The minimum atomic E-state index is -1.53. The Balaban J connectivity index is 2.83. The molecule has 0 aromatic heterocycles. The maximum atomic E-state index is 10.6. The van der Waals surface area contributed by atoms with Gasteiger partial charge in [0, 0.05) is 0 Å². The van der Waals surface area contributed by atoms with E-state index in [1.165, 1.54) is 24.3 Å². The topological polar surface area (TPSA) is 102 Å². The highest BCUT2D eigenvalue weighted by Gasteiger charge is 2.19. The van der Waals surface area contributed by atoms with Crippen molar-refractivity contribution in [2.24, 2.45) is 0 Å². The zero-order valence-electron chi connectivity index (χ0n) is 8.12. The predicted octanol–water partition coefficient (Wildman–Crippen LogP) is 1.72. The van der Waals surface area contributed by atoms with Crippen molar-refractivity contribution in [2.45, 2.75) is 6.54 Å². The molecule has 1 aromatic rings. The molecule has 0 spiro atoms. The van der Waals surface area contributed by atoms with Gasteiger partial charge in [-0.1, -0.05) is 12.1 Å². The van der Waals surface area contributed by atoms with Gasteiger partial charge in [-0.15, -0.1) is 0 Å². The van der Waals surface area contributed by atoms with E-state index in [9.17, 15) is 9.59 Å². The third-order valence-electron chi connectivity index (χ3n) is 1.89. The van der Waals surface area contributed by atoms with Crippen molar-refractivity contribution < 1.29 is 19.8 Å². The van der Waals surface area contributed by atoms with E-state index >= 15 is 0 Å². The van der Waals surface area contributed by atoms with Crippen molar-refractivity contribution >= 4 is 12.2 Å². The first-order valence-electron chi connectivity index (χ1n) is 4.27. The maximum absolute atomic E-state index is 10.6. The molecule has 82 valence electrons. The SMILES string of the molecule is N#Cc1ccc(CN(C(=O)O)C(=O)O)cc1. The van der Waals surface area contributed by atoms with Gasteiger partial charge in [0.2, 0.25) is 0 Å². The summed E-state index contributed by atoms with van der Waals surface area (Å²) in [5.74, 6) is 0. The molecule has 6 heteroatoms. The second kappa shape index (κ2) is 4.79. The van der Waals surface area contributed by atoms with Crippen LogP contribution < -0.4 is 0 Å². The van der Waals surface area contributed by atoms with Crippen molar-refractivity contribution in [3.05, 3.63) is 35.4 Å². The van der Waals surface area contributed by atoms with Crippen LogP contribution >= 0.6 is 0 Å². The summed E-state index contributed by atoms with van der Waals surface area (Å²) >= 11 is 0. The number of carbonyl (C=O) groups is 2. The Morgan fingerprint density at radius 1 is 1.19 bits per heavy atom. The molecular formula is C10H8N2O4. The summed E-state index contributed by atoms with van der Waals surface area (Å²) in [6.07, 6.45) is -3.06. The minimum Gasteiger partial charge on any atom is -0.465 e. The summed E-state index contributed by atoms with van der Waals surface area (Å²) in [4.78, 5) is 21.4. The molecule has 0 aliphatic heterocycles. The normalized spacial score (nSPS) is 9.19. The van der Waals surface area contributed by atoms with Crippen LogP contribution in [-0.4, -0.2) is 27.3 Å². The van der Waals surface area contributed by atoms with Crippen molar-refractivity contribution in [1.82, 2.24) is 4.90 Å². The molecule has 0 fully saturated rings. The van der Waals surface area contributed by atoms with Crippen molar-refractivity contribution in [1.29, 1.82) is 5.26 Å². The summed E-state index contributed by atoms with van der Waals surface area (Å²) in [6, 6.07) is 7.92. The highest BCUT2D eigenvalue weighted by Crippen LogP contribution is 2.07. The van der Waals surface area contributed by atoms with E-state index in [2.05, 4.69) is 0 Å². The lowest BCUT2D eigenvalue weighted by Crippen LogP contribution is -2.33. The molecule has 1 aromatic carbocycles. The zero-order valence-corrected chi connectivity index (χ0v) is 8.12. The number of nitriles is 1. The van der Waals surface area contributed by atoms with Crippen molar-refractivity contribution in [3.8, 4) is 6.07 Å². The van der Waals surface area contributed by atoms with E-state index in [-0.39, 0.29) is 11.4 Å². The quantitative estimate of drug-likeness (QED) is 0.789. The van der Waals surface area contributed by atoms with Gasteiger partial charge in [-0.2, -0.15) is 5.26 Å². The fraction of sp³-hybridized carbons (Fsp3) is 0.100. The lowest BCUT2D eigenvalue weighted by molar-refractivity contribution is 0.120. The molecule has 1 rings (SSSR count). The zero-order chi connectivity index (χ0) is 12.1. The maximum Gasteiger partial charge on any atom is 0.417 e. The van der Waals surface area contributed by atoms with Gasteiger partial charge in [-0.05, 0) is 17.7 Å². The number of benzene rings is 1. The Kier molecular flexibility index (Phi) is 3.45. The van der Waals surface area contributed by atoms with Crippen molar-refractivity contribution in [3.63, 3.8) is 0 Å². The Hall–Kier alpha value is -2.55. The van der Waals surface area contributed by atoms with Gasteiger partial charge >= 0.3 is 12.2 Å². The number of hydrogen-bond acceptors (Lipinski definition) is 3. The van der Waals surface area contributed by atoms with E-state index in [1.807, 2.05) is 6.07 Å². The summed E-state index contributed by atoms with van der Waals surface area (Å²) in [5, 5.41) is 25.7. The molecule has 2 amide bonds. The van der Waals surface area contributed by atoms with Crippen LogP contribution in [0.15, 0.2) is 24.3 Å². The van der Waals surface area contributed by atoms with Gasteiger partial charge in [0.25, 0.3) is 0 Å². The number of carboxylic acid groups (broad SMARTS) is 2. The number of nitrogens with zero attached hydrogens (tertiary/aromatic N) is 2. The molecule has 0 heterocycles. The first-order chi connectivity index (χ1) is 7.54. The summed E-state index contributed by atoms with van der Waals surface area (Å²) in [5.41, 5.74) is 0.935. The molecule has 0 bridgehead atoms. The molecule has 0 saturated carbocycles. The second-order valence-corrected chi connectivity index (χ2v) is 2.96. The molecule has 2 N–H and O–H groups in total. The van der Waals surface area contributed by atoms with Crippen LogP contribution in [0.2, 0.25) is 0 Å². The predicted molar refractivity (Wildman–Crippen MR) is 52.7 cm³/mol. The molecular weight excluding hydrogens is 212 g/mol. The highest BCUT2D eigenvalue weighted by atomic mass is 16.4. The van der Waals surface area contributed by atoms with Gasteiger partial charge in [-0.3, -0.25) is 0 Å². The number of rotatable bonds is 2. The van der Waals surface area contributed by atoms with Gasteiger partial charge in [-0.25, -0.2) is 14.5 Å². The van der Waals surface area contributed by atoms with Gasteiger partial charge in [0.15, 0.2) is 0 Å². The van der Waals surface area contributed by atoms with Crippen LogP contribution in [0.25, 0.3) is 0 Å². The molecule has 0 unspecified atom stereocenters. The minimum absolute atomic E-state index is 0.254. The lowest BCUT2D eigenvalue weighted by atomic mass is 10.1. The number of amides is 2. The standard InChI is InChI=1S/C10H8N2O4/c11-5-7-1-3-8(4-2-7)6-12(9(13)14)10(15)16/h1-4H,6H2,(H,13,14)(H,15,16). The second-order valence-electron chi connectivity index (χ2n) is 2.96. The molecule has 16 heavy (non-hydrogen) atoms. The Morgan fingerprint density at radius 3 is 2.06 bits per heavy atom. The lowest BCUT2D eigenvalue weighted by Gasteiger charge is -2.12. The third kappa shape index (κ3) is 2.72. The van der Waals surface area contributed by atoms with Crippen LogP contribution in [0, 0.1) is 11.3 Å². The fourth-order valence-electron chi connectivity index (χ4n) is 1.08. The van der Waals surface area contributed by atoms with Crippen molar-refractivity contribution in [2.75, 3.05) is 0 Å². The number of hydrogen-bond donors (Lipinski definition) is 2. The molecule has 0 aliphatic carbocycles. The Bertz CT molecular complexity index is 433. The van der Waals surface area contributed by atoms with E-state index in [4.69, 9.17) is 15.5 Å². The summed E-state index contributed by atoms with van der Waals surface area (Å²) < 4.78 is 0. The third-order valence-corrected chi connectivity index (χ3v) is 1.89. The molecule has 6 nitrogen and oxygen atoms in total. The first kappa shape index (κ1) is 11.5. The van der Waals surface area contributed by atoms with Gasteiger partial charge in [0.1, 0.15) is 0 Å². The van der Waals surface area contributed by atoms with E-state index < -0.39 is 12.2 Å². The van der Waals surface area contributed by atoms with E-state index in [1.54, 1.807) is 0 Å². The first-order valence-corrected chi connectivity index (χ1v) is 4.27.